The third-order valence-corrected chi connectivity index (χ3v) is 5.43. The highest BCUT2D eigenvalue weighted by molar-refractivity contribution is 14.0. The molecule has 0 aliphatic heterocycles. The van der Waals surface area contributed by atoms with Crippen LogP contribution in [0.5, 0.6) is 23.0 Å². The molecule has 1 aromatic heterocycles. The van der Waals surface area contributed by atoms with Gasteiger partial charge in [0.25, 0.3) is 0 Å². The first-order valence-electron chi connectivity index (χ1n) is 10.2. The Kier molecular flexibility index (Phi) is 11.6. The van der Waals surface area contributed by atoms with Crippen LogP contribution >= 0.6 is 24.0 Å². The van der Waals surface area contributed by atoms with Gasteiger partial charge in [-0.2, -0.15) is 0 Å². The molecule has 3 rings (SSSR count). The highest BCUT2D eigenvalue weighted by atomic mass is 127. The average molecular weight is 694 g/mol. The van der Waals surface area contributed by atoms with Crippen molar-refractivity contribution in [3.63, 3.8) is 0 Å². The predicted molar refractivity (Wildman–Crippen MR) is 139 cm³/mol. The van der Waals surface area contributed by atoms with Gasteiger partial charge in [0.05, 0.1) is 45.4 Å². The fourth-order valence-corrected chi connectivity index (χ4v) is 3.86. The first kappa shape index (κ1) is 29.9. The van der Waals surface area contributed by atoms with Gasteiger partial charge in [0.2, 0.25) is 0 Å². The van der Waals surface area contributed by atoms with E-state index in [0.29, 0.717) is 28.7 Å². The van der Waals surface area contributed by atoms with Gasteiger partial charge < -0.3 is 42.9 Å². The molecule has 0 fully saturated rings. The van der Waals surface area contributed by atoms with Crippen molar-refractivity contribution in [2.75, 3.05) is 42.5 Å². The van der Waals surface area contributed by atoms with E-state index in [-0.39, 0.29) is 53.9 Å². The number of benzene rings is 2. The normalized spacial score (nSPS) is 11.4. The van der Waals surface area contributed by atoms with Gasteiger partial charge >= 0.3 is 0 Å². The van der Waals surface area contributed by atoms with Crippen LogP contribution in [0.4, 0.5) is 5.69 Å². The number of hydrogen-bond donors (Lipinski definition) is 0. The first-order chi connectivity index (χ1) is 15.3. The lowest BCUT2D eigenvalue weighted by atomic mass is 9.91. The topological polar surface area (TPSA) is 68.8 Å². The van der Waals surface area contributed by atoms with E-state index in [1.165, 1.54) is 0 Å². The van der Waals surface area contributed by atoms with Crippen molar-refractivity contribution in [3.8, 4) is 23.0 Å². The third kappa shape index (κ3) is 6.12. The van der Waals surface area contributed by atoms with Crippen LogP contribution in [0.2, 0.25) is 0 Å². The van der Waals surface area contributed by atoms with E-state index in [1.54, 1.807) is 33.4 Å². The molecule has 8 nitrogen and oxygen atoms in total. The molecule has 186 valence electrons. The summed E-state index contributed by atoms with van der Waals surface area (Å²) in [6, 6.07) is 9.89. The zero-order valence-electron chi connectivity index (χ0n) is 20.7. The van der Waals surface area contributed by atoms with Crippen LogP contribution in [0.15, 0.2) is 46.9 Å². The molecule has 1 atom stereocenters. The molecule has 0 bridgehead atoms. The van der Waals surface area contributed by atoms with Crippen LogP contribution in [0.3, 0.4) is 0 Å². The highest BCUT2D eigenvalue weighted by Crippen LogP contribution is 2.42. The Labute approximate surface area is 235 Å². The molecule has 1 unspecified atom stereocenters. The zero-order valence-corrected chi connectivity index (χ0v) is 25.2. The summed E-state index contributed by atoms with van der Waals surface area (Å²) >= 11 is 0. The van der Waals surface area contributed by atoms with Crippen LogP contribution in [-0.2, 0) is 7.05 Å². The Morgan fingerprint density at radius 1 is 0.853 bits per heavy atom. The van der Waals surface area contributed by atoms with Crippen LogP contribution in [0, 0.1) is 0 Å². The van der Waals surface area contributed by atoms with Crippen molar-refractivity contribution in [2.45, 2.75) is 12.8 Å². The van der Waals surface area contributed by atoms with Crippen LogP contribution < -0.4 is 47.5 Å². The number of fused-ring (bicyclic) bond motifs is 1. The minimum atomic E-state index is -0.0438. The Balaban J connectivity index is 0.00000289. The van der Waals surface area contributed by atoms with Crippen LogP contribution in [0.25, 0.3) is 10.8 Å². The van der Waals surface area contributed by atoms with E-state index >= 15 is 0 Å². The molecule has 3 aromatic rings. The molecule has 0 aliphatic rings. The summed E-state index contributed by atoms with van der Waals surface area (Å²) < 4.78 is 24.3. The summed E-state index contributed by atoms with van der Waals surface area (Å²) in [6.07, 6.45) is 2.04. The Morgan fingerprint density at radius 3 is 1.94 bits per heavy atom. The second kappa shape index (κ2) is 13.1. The summed E-state index contributed by atoms with van der Waals surface area (Å²) in [5.74, 6) is 2.57. The largest absolute Gasteiger partial charge is 1.00 e. The van der Waals surface area contributed by atoms with Crippen molar-refractivity contribution < 1.29 is 47.5 Å². The smallest absolute Gasteiger partial charge is 0.196 e. The van der Waals surface area contributed by atoms with Crippen LogP contribution in [0.1, 0.15) is 24.1 Å². The second-order valence-corrected chi connectivity index (χ2v) is 7.63. The molecule has 0 radical (unpaired) electrons. The quantitative estimate of drug-likeness (QED) is 0.157. The summed E-state index contributed by atoms with van der Waals surface area (Å²) in [4.78, 5) is 0. The number of pyridine rings is 1. The van der Waals surface area contributed by atoms with Gasteiger partial charge in [-0.25, -0.2) is 4.57 Å². The summed E-state index contributed by atoms with van der Waals surface area (Å²) in [7, 11) is 12.2. The molecular weight excluding hydrogens is 662 g/mol. The van der Waals surface area contributed by atoms with Crippen LogP contribution in [-0.4, -0.2) is 47.5 Å². The number of halogens is 2. The van der Waals surface area contributed by atoms with Gasteiger partial charge in [-0.1, -0.05) is 5.22 Å². The molecule has 10 heteroatoms. The third-order valence-electron chi connectivity index (χ3n) is 5.43. The predicted octanol–water partition coefficient (Wildman–Crippen LogP) is 2.03. The minimum absolute atomic E-state index is 0. The summed E-state index contributed by atoms with van der Waals surface area (Å²) in [6.45, 7) is 2.14. The minimum Gasteiger partial charge on any atom is -1.00 e. The van der Waals surface area contributed by atoms with E-state index in [0.717, 1.165) is 22.0 Å². The maximum Gasteiger partial charge on any atom is 0.196 e. The first-order valence-corrected chi connectivity index (χ1v) is 10.2. The van der Waals surface area contributed by atoms with E-state index in [9.17, 15) is 0 Å². The summed E-state index contributed by atoms with van der Waals surface area (Å²) in [5.41, 5.74) is 2.77. The van der Waals surface area contributed by atoms with E-state index < -0.39 is 0 Å². The Bertz CT molecular complexity index is 1160. The molecule has 0 N–H and O–H groups in total. The van der Waals surface area contributed by atoms with Gasteiger partial charge in [0.1, 0.15) is 7.05 Å². The van der Waals surface area contributed by atoms with Gasteiger partial charge in [-0.15, -0.1) is 29.1 Å². The standard InChI is InChI=1S/C24H31N4O4.2HI/c1-15(17-12-21(30-6)23(32-8)14-19(17)25-26-27(2)3)24-18-13-22(31-7)20(29-5)11-16(18)9-10-28(24)4;;/h9-15H,1-8H3;2*1H/q+1;;/p-1. The van der Waals surface area contributed by atoms with Crippen molar-refractivity contribution in [2.24, 2.45) is 17.4 Å². The fraction of sp³-hybridized carbons (Fsp3) is 0.375. The SMILES string of the molecule is COc1cc(N=NN(C)C)c(C(C)c2c3cc(OC)c(OC)cc3cc[n+]2C)cc1OC.I.[I-]. The molecule has 34 heavy (non-hydrogen) atoms. The monoisotopic (exact) mass is 694 g/mol. The lowest BCUT2D eigenvalue weighted by Crippen LogP contribution is -3.00. The average Bonchev–Trinajstić information content (AvgIpc) is 2.80. The number of ether oxygens (including phenoxy) is 4. The summed E-state index contributed by atoms with van der Waals surface area (Å²) in [5, 5.41) is 12.5. The molecule has 0 amide bonds. The van der Waals surface area contributed by atoms with Crippen molar-refractivity contribution in [3.05, 3.63) is 47.8 Å². The van der Waals surface area contributed by atoms with Gasteiger partial charge in [0.15, 0.2) is 34.9 Å². The maximum absolute atomic E-state index is 5.58. The van der Waals surface area contributed by atoms with Crippen molar-refractivity contribution in [1.29, 1.82) is 0 Å². The molecule has 0 saturated carbocycles. The van der Waals surface area contributed by atoms with Gasteiger partial charge in [-0.3, -0.25) is 5.01 Å². The lowest BCUT2D eigenvalue weighted by molar-refractivity contribution is -0.678. The molecule has 0 aliphatic carbocycles. The van der Waals surface area contributed by atoms with Gasteiger partial charge in [-0.05, 0) is 36.1 Å². The van der Waals surface area contributed by atoms with Gasteiger partial charge in [0, 0.05) is 26.2 Å². The number of methoxy groups -OCH3 is 4. The van der Waals surface area contributed by atoms with E-state index in [4.69, 9.17) is 18.9 Å². The molecule has 0 spiro atoms. The molecular formula is C24H32I2N4O4. The number of nitrogens with zero attached hydrogens (tertiary/aromatic N) is 4. The molecule has 0 saturated heterocycles. The maximum atomic E-state index is 5.58. The molecule has 2 aromatic carbocycles. The number of aryl methyl sites for hydroxylation is 1. The van der Waals surface area contributed by atoms with Crippen molar-refractivity contribution in [1.82, 2.24) is 5.01 Å². The Hall–Kier alpha value is -2.09. The second-order valence-electron chi connectivity index (χ2n) is 7.63. The Morgan fingerprint density at radius 2 is 1.38 bits per heavy atom. The van der Waals surface area contributed by atoms with Crippen molar-refractivity contribution >= 4 is 40.4 Å². The zero-order chi connectivity index (χ0) is 23.4. The van der Waals surface area contributed by atoms with E-state index in [1.807, 2.05) is 51.6 Å². The number of aromatic nitrogens is 1. The van der Waals surface area contributed by atoms with E-state index in [2.05, 4.69) is 27.9 Å². The molecule has 1 heterocycles. The number of rotatable bonds is 8. The highest BCUT2D eigenvalue weighted by Gasteiger charge is 2.27. The fourth-order valence-electron chi connectivity index (χ4n) is 3.86. The number of hydrogen-bond acceptors (Lipinski definition) is 6. The lowest BCUT2D eigenvalue weighted by Gasteiger charge is -2.18.